The highest BCUT2D eigenvalue weighted by Crippen LogP contribution is 2.35. The topological polar surface area (TPSA) is 245 Å². The fourth-order valence-corrected chi connectivity index (χ4v) is 9.05. The predicted molar refractivity (Wildman–Crippen MR) is 278 cm³/mol. The number of ether oxygens (including phenoxy) is 2. The number of carbonyl (C=O) groups excluding carboxylic acids is 2. The highest BCUT2D eigenvalue weighted by Gasteiger charge is 2.35. The van der Waals surface area contributed by atoms with E-state index < -0.39 is 49.6 Å². The molecule has 4 aromatic carbocycles. The Labute approximate surface area is 449 Å². The number of fused-ring (bicyclic) bond motifs is 2. The molecule has 4 aliphatic rings. The first-order valence-corrected chi connectivity index (χ1v) is 24.9. The summed E-state index contributed by atoms with van der Waals surface area (Å²) in [5.41, 5.74) is 5.90. The number of aromatic nitrogens is 8. The second kappa shape index (κ2) is 22.5. The molecule has 2 saturated heterocycles. The number of benzene rings is 4. The van der Waals surface area contributed by atoms with Crippen LogP contribution in [-0.4, -0.2) is 140 Å². The molecule has 0 bridgehead atoms. The Bertz CT molecular complexity index is 3320. The van der Waals surface area contributed by atoms with E-state index in [0.29, 0.717) is 75.4 Å². The lowest BCUT2D eigenvalue weighted by atomic mass is 10.0. The van der Waals surface area contributed by atoms with E-state index in [4.69, 9.17) is 18.3 Å². The minimum atomic E-state index is -4.47. The van der Waals surface area contributed by atoms with Crippen molar-refractivity contribution in [2.45, 2.75) is 37.8 Å². The Morgan fingerprint density at radius 3 is 1.26 bits per heavy atom. The van der Waals surface area contributed by atoms with Crippen molar-refractivity contribution in [1.29, 1.82) is 0 Å². The molecule has 0 saturated carbocycles. The number of halogens is 6. The maximum atomic E-state index is 13.1. The second-order valence-electron chi connectivity index (χ2n) is 18.2. The quantitative estimate of drug-likeness (QED) is 0.0890. The van der Waals surface area contributed by atoms with Crippen LogP contribution in [0.5, 0.6) is 0 Å². The number of benzodiazepines with no additional fused rings is 2. The van der Waals surface area contributed by atoms with Crippen molar-refractivity contribution < 1.29 is 54.2 Å². The van der Waals surface area contributed by atoms with Crippen LogP contribution >= 0.6 is 0 Å². The van der Waals surface area contributed by atoms with Gasteiger partial charge in [0.05, 0.1) is 49.2 Å². The molecule has 4 aliphatic heterocycles. The van der Waals surface area contributed by atoms with Gasteiger partial charge < -0.3 is 49.4 Å². The molecule has 8 heterocycles. The first-order chi connectivity index (χ1) is 38.7. The van der Waals surface area contributed by atoms with Crippen LogP contribution in [0.2, 0.25) is 0 Å². The Balaban J connectivity index is 0.000000169. The summed E-state index contributed by atoms with van der Waals surface area (Å²) in [5, 5.41) is 35.8. The molecule has 12 rings (SSSR count). The van der Waals surface area contributed by atoms with E-state index in [-0.39, 0.29) is 46.6 Å². The standard InChI is InChI=1S/2C26H23F3N8O3/c2*27-26(28,29)15-37-14-18(22(35-37)36-10-12-39-13-11-36)24-33-34-25(40-24)32-21-23(38)30-19-9-5-4-8-17(19)20(31-21)16-6-2-1-3-7-16/h2*1-9,14,21H,10-13,15H2,(H,30,38)(H,32,34)/t2*21-/m10/s1. The van der Waals surface area contributed by atoms with Gasteiger partial charge in [-0.3, -0.25) is 19.0 Å². The Kier molecular flexibility index (Phi) is 14.8. The molecule has 4 aromatic heterocycles. The number of hydrogen-bond donors (Lipinski definition) is 4. The van der Waals surface area contributed by atoms with Crippen molar-refractivity contribution in [2.75, 3.05) is 83.7 Å². The third-order valence-electron chi connectivity index (χ3n) is 12.6. The summed E-state index contributed by atoms with van der Waals surface area (Å²) in [4.78, 5) is 39.2. The van der Waals surface area contributed by atoms with Crippen LogP contribution < -0.4 is 31.1 Å². The lowest BCUT2D eigenvalue weighted by molar-refractivity contribution is -0.143. The largest absolute Gasteiger partial charge is 0.408 e. The molecule has 0 spiro atoms. The van der Waals surface area contributed by atoms with E-state index in [1.54, 1.807) is 21.9 Å². The summed E-state index contributed by atoms with van der Waals surface area (Å²) in [6.07, 6.45) is -8.77. The fourth-order valence-electron chi connectivity index (χ4n) is 9.05. The van der Waals surface area contributed by atoms with Gasteiger partial charge in [0.15, 0.2) is 11.6 Å². The van der Waals surface area contributed by atoms with Crippen LogP contribution in [-0.2, 0) is 32.2 Å². The lowest BCUT2D eigenvalue weighted by Crippen LogP contribution is -2.37. The normalized spacial score (nSPS) is 17.6. The van der Waals surface area contributed by atoms with E-state index in [1.165, 1.54) is 12.4 Å². The van der Waals surface area contributed by atoms with Crippen LogP contribution in [0.15, 0.2) is 140 Å². The summed E-state index contributed by atoms with van der Waals surface area (Å²) in [5.74, 6) is -0.469. The van der Waals surface area contributed by atoms with Gasteiger partial charge in [0.1, 0.15) is 24.2 Å². The van der Waals surface area contributed by atoms with Crippen LogP contribution in [0.25, 0.3) is 22.9 Å². The molecule has 4 N–H and O–H groups in total. The summed E-state index contributed by atoms with van der Waals surface area (Å²) >= 11 is 0. The molecule has 8 aromatic rings. The fraction of sp³-hybridized carbons (Fsp3) is 0.269. The number of anilines is 6. The number of rotatable bonds is 12. The second-order valence-corrected chi connectivity index (χ2v) is 18.2. The Hall–Kier alpha value is -9.44. The number of amides is 2. The number of nitrogens with zero attached hydrogens (tertiary/aromatic N) is 12. The number of nitrogens with one attached hydrogen (secondary N) is 4. The molecule has 2 amide bonds. The third kappa shape index (κ3) is 12.1. The van der Waals surface area contributed by atoms with E-state index in [9.17, 15) is 35.9 Å². The van der Waals surface area contributed by atoms with Gasteiger partial charge in [-0.05, 0) is 12.1 Å². The van der Waals surface area contributed by atoms with Crippen LogP contribution in [0.1, 0.15) is 22.3 Å². The SMILES string of the molecule is O=C1Nc2ccccc2C(c2ccccc2)=N[C@@H]1Nc1nnc(-c2cn(CC(F)(F)F)nc2N2CCOCC2)o1.O=C1Nc2ccccc2C(c2ccccc2)=N[C@H]1Nc1nnc(-c2cn(CC(F)(F)F)nc2N2CCOCC2)o1. The molecule has 0 radical (unpaired) electrons. The van der Waals surface area contributed by atoms with Gasteiger partial charge in [-0.1, -0.05) is 107 Å². The molecule has 22 nitrogen and oxygen atoms in total. The van der Waals surface area contributed by atoms with Crippen molar-refractivity contribution >= 4 is 58.3 Å². The number of aliphatic imine (C=N–C) groups is 2. The van der Waals surface area contributed by atoms with E-state index in [1.807, 2.05) is 97.1 Å². The maximum absolute atomic E-state index is 13.1. The molecule has 80 heavy (non-hydrogen) atoms. The minimum Gasteiger partial charge on any atom is -0.403 e. The zero-order chi connectivity index (χ0) is 55.4. The third-order valence-corrected chi connectivity index (χ3v) is 12.6. The van der Waals surface area contributed by atoms with Crippen molar-refractivity contribution in [3.8, 4) is 22.9 Å². The molecule has 2 atom stereocenters. The Morgan fingerprint density at radius 1 is 0.500 bits per heavy atom. The van der Waals surface area contributed by atoms with Crippen LogP contribution in [0.3, 0.4) is 0 Å². The van der Waals surface area contributed by atoms with E-state index in [2.05, 4.69) is 61.8 Å². The summed E-state index contributed by atoms with van der Waals surface area (Å²) in [6, 6.07) is 33.2. The molecule has 28 heteroatoms. The maximum Gasteiger partial charge on any atom is 0.408 e. The molecule has 0 unspecified atom stereocenters. The van der Waals surface area contributed by atoms with Gasteiger partial charge >= 0.3 is 24.4 Å². The van der Waals surface area contributed by atoms with Crippen molar-refractivity contribution in [3.63, 3.8) is 0 Å². The molecule has 2 fully saturated rings. The van der Waals surface area contributed by atoms with Crippen LogP contribution in [0.4, 0.5) is 61.4 Å². The average Bonchev–Trinajstić information content (AvgIpc) is 4.30. The van der Waals surface area contributed by atoms with E-state index in [0.717, 1.165) is 31.6 Å². The molecule has 0 aliphatic carbocycles. The smallest absolute Gasteiger partial charge is 0.403 e. The summed E-state index contributed by atoms with van der Waals surface area (Å²) in [6.45, 7) is 0.833. The van der Waals surface area contributed by atoms with E-state index >= 15 is 0 Å². The molecule has 412 valence electrons. The minimum absolute atomic E-state index is 0.0537. The zero-order valence-corrected chi connectivity index (χ0v) is 41.9. The number of morpholine rings is 2. The highest BCUT2D eigenvalue weighted by atomic mass is 19.4. The van der Waals surface area contributed by atoms with Gasteiger partial charge in [0.2, 0.25) is 12.3 Å². The van der Waals surface area contributed by atoms with Gasteiger partial charge in [-0.15, -0.1) is 10.2 Å². The summed E-state index contributed by atoms with van der Waals surface area (Å²) < 4.78 is 103. The molecular weight excluding hydrogens is 1060 g/mol. The monoisotopic (exact) mass is 1100 g/mol. The summed E-state index contributed by atoms with van der Waals surface area (Å²) in [7, 11) is 0. The average molecular weight is 1110 g/mol. The zero-order valence-electron chi connectivity index (χ0n) is 41.9. The van der Waals surface area contributed by atoms with Crippen molar-refractivity contribution in [3.05, 3.63) is 144 Å². The van der Waals surface area contributed by atoms with Gasteiger partial charge in [0.25, 0.3) is 23.6 Å². The van der Waals surface area contributed by atoms with Gasteiger partial charge in [-0.2, -0.15) is 36.5 Å². The van der Waals surface area contributed by atoms with Gasteiger partial charge in [0, 0.05) is 60.8 Å². The number of carbonyl (C=O) groups is 2. The Morgan fingerprint density at radius 2 is 0.875 bits per heavy atom. The van der Waals surface area contributed by atoms with Crippen molar-refractivity contribution in [2.24, 2.45) is 9.98 Å². The first-order valence-electron chi connectivity index (χ1n) is 24.9. The lowest BCUT2D eigenvalue weighted by Gasteiger charge is -2.27. The predicted octanol–water partition coefficient (Wildman–Crippen LogP) is 7.12. The number of para-hydroxylation sites is 2. The van der Waals surface area contributed by atoms with Crippen LogP contribution in [0, 0.1) is 0 Å². The van der Waals surface area contributed by atoms with Gasteiger partial charge in [-0.25, -0.2) is 9.98 Å². The number of alkyl halides is 6. The number of hydrogen-bond acceptors (Lipinski definition) is 18. The van der Waals surface area contributed by atoms with Crippen molar-refractivity contribution in [1.82, 2.24) is 40.0 Å². The highest BCUT2D eigenvalue weighted by molar-refractivity contribution is 6.20. The molecular formula is C52H46F6N16O6. The first kappa shape index (κ1) is 52.6.